The van der Waals surface area contributed by atoms with Crippen molar-refractivity contribution in [2.24, 2.45) is 0 Å². The Morgan fingerprint density at radius 1 is 0.180 bits per heavy atom. The predicted molar refractivity (Wildman–Crippen MR) is 293 cm³/mol. The fourth-order valence-electron chi connectivity index (χ4n) is 1.07. The van der Waals surface area contributed by atoms with Gasteiger partial charge in [0.25, 0.3) is 0 Å². The van der Waals surface area contributed by atoms with Gasteiger partial charge in [-0.05, 0) is 30.3 Å². The van der Waals surface area contributed by atoms with Gasteiger partial charge in [0.15, 0.2) is 0 Å². The van der Waals surface area contributed by atoms with Gasteiger partial charge in [-0.25, -0.2) is 9.97 Å². The standard InChI is InChI=1S/C5H5N.3C4H4N2.16C2H6.CH4.4H2O/c1-2-4-6-5-3-1;1-2-6-4-3-5-1;1-2-5-4-6-3-1;1-2-4-6-5-3-1;16*1-2;;;;;/h1-5H;3*1-4H;16*1-2H3;1H4;4*1H2. The molecule has 0 aromatic carbocycles. The SMILES string of the molecule is C.CC.CC.CC.CC.CC.CC.CC.CC.CC.CC.CC.CC.CC.CC.CC.CC.O.O.O.O.c1ccncc1.c1ccnnc1.c1cnccn1.c1cncnc1. The van der Waals surface area contributed by atoms with Gasteiger partial charge in [-0.2, -0.15) is 10.2 Å². The average molecular weight is 889 g/mol. The topological polar surface area (TPSA) is 216 Å². The van der Waals surface area contributed by atoms with Gasteiger partial charge in [0, 0.05) is 62.0 Å². The summed E-state index contributed by atoms with van der Waals surface area (Å²) >= 11 is 0. The van der Waals surface area contributed by atoms with Crippen LogP contribution in [0.15, 0.2) is 105 Å². The molecule has 8 N–H and O–H groups in total. The number of hydrogen-bond donors (Lipinski definition) is 0. The van der Waals surface area contributed by atoms with Crippen molar-refractivity contribution in [3.63, 3.8) is 0 Å². The second-order valence-corrected chi connectivity index (χ2v) is 3.74. The fourth-order valence-corrected chi connectivity index (χ4v) is 1.07. The quantitative estimate of drug-likeness (QED) is 0.166. The van der Waals surface area contributed by atoms with Gasteiger partial charge in [0.2, 0.25) is 0 Å². The van der Waals surface area contributed by atoms with E-state index < -0.39 is 0 Å². The van der Waals surface area contributed by atoms with Crippen LogP contribution in [0, 0.1) is 0 Å². The first-order valence-corrected chi connectivity index (χ1v) is 23.0. The van der Waals surface area contributed by atoms with Crippen LogP contribution >= 0.6 is 0 Å². The Morgan fingerprint density at radius 2 is 0.344 bits per heavy atom. The molecule has 4 heterocycles. The lowest BCUT2D eigenvalue weighted by molar-refractivity contribution is 0.823. The number of pyridine rings is 1. The second-order valence-electron chi connectivity index (χ2n) is 3.74. The van der Waals surface area contributed by atoms with Crippen LogP contribution in [-0.2, 0) is 0 Å². The van der Waals surface area contributed by atoms with E-state index in [2.05, 4.69) is 35.1 Å². The molecule has 4 aromatic rings. The molecule has 0 unspecified atom stereocenters. The molecule has 4 rings (SSSR count). The van der Waals surface area contributed by atoms with Crippen LogP contribution in [0.4, 0.5) is 0 Å². The highest BCUT2D eigenvalue weighted by atomic mass is 16.0. The Bertz CT molecular complexity index is 466. The van der Waals surface area contributed by atoms with Crippen molar-refractivity contribution in [2.45, 2.75) is 229 Å². The fraction of sp³-hybridized carbons (Fsp3) is 0.660. The van der Waals surface area contributed by atoms with Crippen molar-refractivity contribution < 1.29 is 21.9 Å². The second kappa shape index (κ2) is 419. The van der Waals surface area contributed by atoms with Crippen LogP contribution < -0.4 is 0 Å². The van der Waals surface area contributed by atoms with Crippen molar-refractivity contribution in [3.05, 3.63) is 105 Å². The summed E-state index contributed by atoms with van der Waals surface area (Å²) in [7, 11) is 0. The summed E-state index contributed by atoms with van der Waals surface area (Å²) in [6.45, 7) is 64.0. The molecule has 11 nitrogen and oxygen atoms in total. The van der Waals surface area contributed by atoms with Crippen molar-refractivity contribution in [1.82, 2.24) is 35.1 Å². The van der Waals surface area contributed by atoms with Crippen LogP contribution in [-0.4, -0.2) is 57.0 Å². The van der Waals surface area contributed by atoms with Crippen LogP contribution in [0.25, 0.3) is 0 Å². The highest BCUT2D eigenvalue weighted by molar-refractivity contribution is 4.88. The van der Waals surface area contributed by atoms with E-state index >= 15 is 0 Å². The van der Waals surface area contributed by atoms with Gasteiger partial charge in [-0.3, -0.25) is 15.0 Å². The Labute approximate surface area is 389 Å². The molecule has 0 bridgehead atoms. The number of aromatic nitrogens is 7. The van der Waals surface area contributed by atoms with E-state index in [1.165, 1.54) is 6.33 Å². The van der Waals surface area contributed by atoms with E-state index in [1.807, 2.05) is 252 Å². The zero-order valence-corrected chi connectivity index (χ0v) is 46.9. The lowest BCUT2D eigenvalue weighted by Crippen LogP contribution is -1.69. The third-order valence-electron chi connectivity index (χ3n) is 2.00. The van der Waals surface area contributed by atoms with E-state index in [-0.39, 0.29) is 29.3 Å². The first-order chi connectivity index (χ1) is 28.0. The minimum Gasteiger partial charge on any atom is -0.412 e. The molecule has 0 saturated heterocycles. The summed E-state index contributed by atoms with van der Waals surface area (Å²) in [4.78, 5) is 18.6. The molecule has 0 radical (unpaired) electrons. The Balaban J connectivity index is -0.0000000149. The molecule has 11 heteroatoms. The molecule has 384 valence electrons. The zero-order valence-electron chi connectivity index (χ0n) is 46.9. The summed E-state index contributed by atoms with van der Waals surface area (Å²) in [6.07, 6.45) is 18.2. The lowest BCUT2D eigenvalue weighted by Gasteiger charge is -1.70. The van der Waals surface area contributed by atoms with Gasteiger partial charge in [0.05, 0.1) is 0 Å². The van der Waals surface area contributed by atoms with Crippen molar-refractivity contribution in [3.8, 4) is 0 Å². The van der Waals surface area contributed by atoms with E-state index in [9.17, 15) is 0 Å². The molecule has 0 atom stereocenters. The summed E-state index contributed by atoms with van der Waals surface area (Å²) in [6, 6.07) is 11.1. The monoisotopic (exact) mass is 888 g/mol. The largest absolute Gasteiger partial charge is 0.412 e. The molecule has 0 aliphatic carbocycles. The van der Waals surface area contributed by atoms with Crippen LogP contribution in [0.5, 0.6) is 0 Å². The molecule has 4 aromatic heterocycles. The van der Waals surface area contributed by atoms with Crippen molar-refractivity contribution >= 4 is 0 Å². The van der Waals surface area contributed by atoms with E-state index in [4.69, 9.17) is 0 Å². The van der Waals surface area contributed by atoms with E-state index in [0.717, 1.165) is 0 Å². The summed E-state index contributed by atoms with van der Waals surface area (Å²) < 4.78 is 0. The van der Waals surface area contributed by atoms with Gasteiger partial charge >= 0.3 is 0 Å². The van der Waals surface area contributed by atoms with E-state index in [0.29, 0.717) is 0 Å². The zero-order chi connectivity index (χ0) is 49.0. The minimum absolute atomic E-state index is 0. The molecular formula is C50H125N7O4. The molecule has 0 fully saturated rings. The summed E-state index contributed by atoms with van der Waals surface area (Å²) in [5, 5.41) is 7.07. The Morgan fingerprint density at radius 3 is 0.410 bits per heavy atom. The molecule has 0 spiro atoms. The molecule has 0 amide bonds. The van der Waals surface area contributed by atoms with Gasteiger partial charge < -0.3 is 21.9 Å². The lowest BCUT2D eigenvalue weighted by atomic mass is 10.5. The first kappa shape index (κ1) is 138. The van der Waals surface area contributed by atoms with Crippen molar-refractivity contribution in [1.29, 1.82) is 0 Å². The Hall–Kier alpha value is -3.77. The highest BCUT2D eigenvalue weighted by Gasteiger charge is 1.61. The smallest absolute Gasteiger partial charge is 0.115 e. The molecule has 0 aliphatic heterocycles. The van der Waals surface area contributed by atoms with Crippen LogP contribution in [0.1, 0.15) is 229 Å². The normalized spacial score (nSPS) is 4.72. The Kier molecular flexibility index (Phi) is 947. The first-order valence-electron chi connectivity index (χ1n) is 23.0. The van der Waals surface area contributed by atoms with E-state index in [1.54, 1.807) is 68.0 Å². The number of rotatable bonds is 0. The van der Waals surface area contributed by atoms with Crippen LogP contribution in [0.3, 0.4) is 0 Å². The molecule has 0 aliphatic rings. The van der Waals surface area contributed by atoms with Crippen molar-refractivity contribution in [2.75, 3.05) is 0 Å². The number of nitrogens with zero attached hydrogens (tertiary/aromatic N) is 7. The maximum atomic E-state index is 3.78. The maximum Gasteiger partial charge on any atom is 0.115 e. The minimum atomic E-state index is 0. The van der Waals surface area contributed by atoms with Gasteiger partial charge in [-0.1, -0.05) is 235 Å². The maximum absolute atomic E-state index is 3.78. The van der Waals surface area contributed by atoms with Gasteiger partial charge in [0.1, 0.15) is 6.33 Å². The molecular weight excluding hydrogens is 763 g/mol. The average Bonchev–Trinajstić information content (AvgIpc) is 3.41. The van der Waals surface area contributed by atoms with Gasteiger partial charge in [-0.15, -0.1) is 0 Å². The third kappa shape index (κ3) is 404. The third-order valence-corrected chi connectivity index (χ3v) is 2.00. The summed E-state index contributed by atoms with van der Waals surface area (Å²) in [5.74, 6) is 0. The van der Waals surface area contributed by atoms with Crippen LogP contribution in [0.2, 0.25) is 0 Å². The highest BCUT2D eigenvalue weighted by Crippen LogP contribution is 1.73. The summed E-state index contributed by atoms with van der Waals surface area (Å²) in [5.41, 5.74) is 0. The number of hydrogen-bond acceptors (Lipinski definition) is 7. The predicted octanol–water partition coefficient (Wildman–Crippen LogP) is 16.3. The molecule has 61 heavy (non-hydrogen) atoms. The molecule has 0 saturated carbocycles.